The van der Waals surface area contributed by atoms with Crippen LogP contribution in [0.2, 0.25) is 0 Å². The normalized spacial score (nSPS) is 13.1. The molecule has 31 heavy (non-hydrogen) atoms. The number of nitrogens with zero attached hydrogens (tertiary/aromatic N) is 2. The van der Waals surface area contributed by atoms with Crippen LogP contribution in [0, 0.1) is 19.7 Å². The van der Waals surface area contributed by atoms with E-state index >= 15 is 0 Å². The molecule has 1 aromatic carbocycles. The first kappa shape index (κ1) is 21.1. The van der Waals surface area contributed by atoms with E-state index in [0.29, 0.717) is 35.3 Å². The van der Waals surface area contributed by atoms with Crippen LogP contribution in [0.4, 0.5) is 4.39 Å². The SMILES string of the molecule is Cc1csc(CCNC(=O)c2ccc(-c3cc(C(=O)NC4CC4)cc(F)c3C)nc2)n1. The number of pyridine rings is 1. The smallest absolute Gasteiger partial charge is 0.252 e. The first-order valence-corrected chi connectivity index (χ1v) is 11.1. The van der Waals surface area contributed by atoms with Crippen molar-refractivity contribution in [3.05, 3.63) is 69.1 Å². The zero-order chi connectivity index (χ0) is 22.0. The number of hydrogen-bond donors (Lipinski definition) is 2. The Morgan fingerprint density at radius 3 is 2.61 bits per heavy atom. The summed E-state index contributed by atoms with van der Waals surface area (Å²) in [4.78, 5) is 33.4. The lowest BCUT2D eigenvalue weighted by molar-refractivity contribution is 0.0944. The molecule has 0 spiro atoms. The van der Waals surface area contributed by atoms with Crippen LogP contribution in [-0.2, 0) is 6.42 Å². The standard InChI is InChI=1S/C23H23FN4O2S/c1-13-12-31-21(27-13)7-8-25-22(29)15-3-6-20(26-11-15)18-9-16(10-19(24)14(18)2)23(30)28-17-4-5-17/h3,6,9-12,17H,4-5,7-8H2,1-2H3,(H,25,29)(H,28,30). The number of halogens is 1. The highest BCUT2D eigenvalue weighted by molar-refractivity contribution is 7.09. The number of aromatic nitrogens is 2. The van der Waals surface area contributed by atoms with Gasteiger partial charge in [-0.3, -0.25) is 14.6 Å². The van der Waals surface area contributed by atoms with E-state index in [9.17, 15) is 14.0 Å². The number of thiazole rings is 1. The second-order valence-corrected chi connectivity index (χ2v) is 8.64. The van der Waals surface area contributed by atoms with Crippen molar-refractivity contribution < 1.29 is 14.0 Å². The summed E-state index contributed by atoms with van der Waals surface area (Å²) in [5, 5.41) is 8.69. The van der Waals surface area contributed by atoms with Crippen LogP contribution >= 0.6 is 11.3 Å². The maximum Gasteiger partial charge on any atom is 0.252 e. The topological polar surface area (TPSA) is 84.0 Å². The Morgan fingerprint density at radius 2 is 1.97 bits per heavy atom. The molecule has 2 aromatic heterocycles. The van der Waals surface area contributed by atoms with Crippen LogP contribution in [0.3, 0.4) is 0 Å². The van der Waals surface area contributed by atoms with E-state index in [4.69, 9.17) is 0 Å². The van der Waals surface area contributed by atoms with Crippen molar-refractivity contribution in [3.8, 4) is 11.3 Å². The maximum atomic E-state index is 14.5. The third kappa shape index (κ3) is 5.14. The number of carbonyl (C=O) groups excluding carboxylic acids is 2. The molecule has 160 valence electrons. The largest absolute Gasteiger partial charge is 0.352 e. The molecule has 2 N–H and O–H groups in total. The van der Waals surface area contributed by atoms with Crippen molar-refractivity contribution in [2.45, 2.75) is 39.2 Å². The first-order valence-electron chi connectivity index (χ1n) is 10.2. The van der Waals surface area contributed by atoms with Crippen LogP contribution < -0.4 is 10.6 Å². The van der Waals surface area contributed by atoms with Crippen LogP contribution in [0.1, 0.15) is 49.8 Å². The Morgan fingerprint density at radius 1 is 1.16 bits per heavy atom. The van der Waals surface area contributed by atoms with Gasteiger partial charge in [0.2, 0.25) is 0 Å². The van der Waals surface area contributed by atoms with Gasteiger partial charge in [-0.1, -0.05) is 0 Å². The number of hydrogen-bond acceptors (Lipinski definition) is 5. The summed E-state index contributed by atoms with van der Waals surface area (Å²) in [5.74, 6) is -0.971. The molecule has 0 radical (unpaired) electrons. The Kier molecular flexibility index (Phi) is 6.08. The summed E-state index contributed by atoms with van der Waals surface area (Å²) in [6.07, 6.45) is 4.06. The lowest BCUT2D eigenvalue weighted by Gasteiger charge is -2.11. The van der Waals surface area contributed by atoms with E-state index in [1.807, 2.05) is 12.3 Å². The lowest BCUT2D eigenvalue weighted by Crippen LogP contribution is -2.26. The molecule has 8 heteroatoms. The molecule has 0 unspecified atom stereocenters. The Bertz CT molecular complexity index is 1120. The van der Waals surface area contributed by atoms with Gasteiger partial charge in [-0.25, -0.2) is 9.37 Å². The van der Waals surface area contributed by atoms with Crippen LogP contribution in [0.25, 0.3) is 11.3 Å². The minimum absolute atomic E-state index is 0.191. The zero-order valence-corrected chi connectivity index (χ0v) is 18.2. The van der Waals surface area contributed by atoms with Gasteiger partial charge in [0, 0.05) is 47.4 Å². The number of rotatable bonds is 7. The van der Waals surface area contributed by atoms with Gasteiger partial charge in [0.25, 0.3) is 11.8 Å². The number of carbonyl (C=O) groups is 2. The molecular formula is C23H23FN4O2S. The Balaban J connectivity index is 1.45. The van der Waals surface area contributed by atoms with E-state index in [1.165, 1.54) is 12.3 Å². The molecule has 1 fully saturated rings. The van der Waals surface area contributed by atoms with Crippen molar-refractivity contribution in [3.63, 3.8) is 0 Å². The van der Waals surface area contributed by atoms with Crippen molar-refractivity contribution >= 4 is 23.2 Å². The summed E-state index contributed by atoms with van der Waals surface area (Å²) in [5.41, 5.74) is 3.11. The van der Waals surface area contributed by atoms with Crippen LogP contribution in [0.15, 0.2) is 35.8 Å². The van der Waals surface area contributed by atoms with Crippen molar-refractivity contribution in [2.24, 2.45) is 0 Å². The van der Waals surface area contributed by atoms with Gasteiger partial charge < -0.3 is 10.6 Å². The molecule has 2 heterocycles. The number of benzene rings is 1. The lowest BCUT2D eigenvalue weighted by atomic mass is 10.00. The summed E-state index contributed by atoms with van der Waals surface area (Å²) in [6.45, 7) is 4.07. The van der Waals surface area contributed by atoms with E-state index in [1.54, 1.807) is 36.5 Å². The van der Waals surface area contributed by atoms with E-state index in [0.717, 1.165) is 23.5 Å². The molecule has 0 aliphatic heterocycles. The van der Waals surface area contributed by atoms with Crippen LogP contribution in [-0.4, -0.2) is 34.4 Å². The summed E-state index contributed by atoms with van der Waals surface area (Å²) < 4.78 is 14.5. The Labute approximate surface area is 183 Å². The van der Waals surface area contributed by atoms with Gasteiger partial charge in [0.1, 0.15) is 5.82 Å². The first-order chi connectivity index (χ1) is 14.9. The zero-order valence-electron chi connectivity index (χ0n) is 17.4. The second-order valence-electron chi connectivity index (χ2n) is 7.70. The molecule has 0 saturated heterocycles. The summed E-state index contributed by atoms with van der Waals surface area (Å²) >= 11 is 1.57. The molecule has 0 bridgehead atoms. The minimum atomic E-state index is -0.459. The van der Waals surface area contributed by atoms with Gasteiger partial charge in [0.15, 0.2) is 0 Å². The molecule has 0 atom stereocenters. The fourth-order valence-electron chi connectivity index (χ4n) is 3.16. The average molecular weight is 439 g/mol. The fourth-order valence-corrected chi connectivity index (χ4v) is 3.94. The van der Waals surface area contributed by atoms with Gasteiger partial charge in [-0.05, 0) is 56.5 Å². The number of nitrogens with one attached hydrogen (secondary N) is 2. The quantitative estimate of drug-likeness (QED) is 0.587. The number of amides is 2. The summed E-state index contributed by atoms with van der Waals surface area (Å²) in [6, 6.07) is 6.41. The molecule has 1 aliphatic rings. The fraction of sp³-hybridized carbons (Fsp3) is 0.304. The molecule has 1 saturated carbocycles. The third-order valence-electron chi connectivity index (χ3n) is 5.11. The molecule has 3 aromatic rings. The van der Waals surface area contributed by atoms with Gasteiger partial charge in [-0.15, -0.1) is 11.3 Å². The van der Waals surface area contributed by atoms with Gasteiger partial charge in [-0.2, -0.15) is 0 Å². The maximum absolute atomic E-state index is 14.5. The van der Waals surface area contributed by atoms with E-state index in [2.05, 4.69) is 20.6 Å². The Hall–Kier alpha value is -3.13. The highest BCUT2D eigenvalue weighted by Gasteiger charge is 2.24. The predicted octanol–water partition coefficient (Wildman–Crippen LogP) is 3.83. The molecule has 4 rings (SSSR count). The third-order valence-corrected chi connectivity index (χ3v) is 6.14. The highest BCUT2D eigenvalue weighted by Crippen LogP contribution is 2.26. The van der Waals surface area contributed by atoms with Crippen LogP contribution in [0.5, 0.6) is 0 Å². The molecule has 1 aliphatic carbocycles. The van der Waals surface area contributed by atoms with E-state index < -0.39 is 5.82 Å². The molecule has 2 amide bonds. The second kappa shape index (κ2) is 8.93. The highest BCUT2D eigenvalue weighted by atomic mass is 32.1. The minimum Gasteiger partial charge on any atom is -0.352 e. The van der Waals surface area contributed by atoms with Crippen molar-refractivity contribution in [2.75, 3.05) is 6.54 Å². The summed E-state index contributed by atoms with van der Waals surface area (Å²) in [7, 11) is 0. The average Bonchev–Trinajstić information content (AvgIpc) is 3.48. The monoisotopic (exact) mass is 438 g/mol. The van der Waals surface area contributed by atoms with Gasteiger partial charge >= 0.3 is 0 Å². The molecular weight excluding hydrogens is 415 g/mol. The predicted molar refractivity (Wildman–Crippen MR) is 118 cm³/mol. The van der Waals surface area contributed by atoms with Crippen molar-refractivity contribution in [1.82, 2.24) is 20.6 Å². The van der Waals surface area contributed by atoms with E-state index in [-0.39, 0.29) is 23.4 Å². The molecule has 6 nitrogen and oxygen atoms in total. The number of aryl methyl sites for hydroxylation is 1. The van der Waals surface area contributed by atoms with Gasteiger partial charge in [0.05, 0.1) is 16.3 Å². The van der Waals surface area contributed by atoms with Crippen molar-refractivity contribution in [1.29, 1.82) is 0 Å².